The van der Waals surface area contributed by atoms with Gasteiger partial charge in [0.15, 0.2) is 0 Å². The van der Waals surface area contributed by atoms with E-state index < -0.39 is 11.6 Å². The highest BCUT2D eigenvalue weighted by molar-refractivity contribution is 6.06. The molecule has 0 aromatic heterocycles. The lowest BCUT2D eigenvalue weighted by Crippen LogP contribution is -2.40. The normalized spacial score (nSPS) is 16.4. The highest BCUT2D eigenvalue weighted by Gasteiger charge is 2.43. The van der Waals surface area contributed by atoms with Crippen molar-refractivity contribution in [3.8, 4) is 0 Å². The zero-order chi connectivity index (χ0) is 17.0. The van der Waals surface area contributed by atoms with Crippen LogP contribution < -0.4 is 10.6 Å². The van der Waals surface area contributed by atoms with E-state index in [9.17, 15) is 14.4 Å². The monoisotopic (exact) mass is 317 g/mol. The predicted octanol–water partition coefficient (Wildman–Crippen LogP) is 2.30. The molecule has 1 heterocycles. The molecule has 0 saturated carbocycles. The molecular formula is C17H23N3O3. The van der Waals surface area contributed by atoms with E-state index in [2.05, 4.69) is 17.6 Å². The molecule has 0 bridgehead atoms. The molecule has 124 valence electrons. The number of aryl methyl sites for hydroxylation is 1. The molecule has 0 spiro atoms. The Bertz CT molecular complexity index is 608. The number of benzene rings is 1. The molecule has 4 amide bonds. The number of urea groups is 1. The van der Waals surface area contributed by atoms with Crippen molar-refractivity contribution in [1.82, 2.24) is 10.2 Å². The minimum absolute atomic E-state index is 0.124. The Labute approximate surface area is 136 Å². The maximum absolute atomic E-state index is 12.0. The molecule has 1 fully saturated rings. The standard InChI is InChI=1S/C17H23N3O3/c1-4-12-7-9-13(10-8-12)18-14(21)6-5-11-20-15(22)17(2,3)19-16(20)23/h7-10H,4-6,11H2,1-3H3,(H,18,21)(H,19,23). The Balaban J connectivity index is 1.78. The van der Waals surface area contributed by atoms with Gasteiger partial charge in [-0.15, -0.1) is 0 Å². The van der Waals surface area contributed by atoms with E-state index in [1.807, 2.05) is 24.3 Å². The summed E-state index contributed by atoms with van der Waals surface area (Å²) in [5, 5.41) is 5.43. The van der Waals surface area contributed by atoms with E-state index >= 15 is 0 Å². The second-order valence-corrected chi connectivity index (χ2v) is 6.21. The van der Waals surface area contributed by atoms with Crippen LogP contribution >= 0.6 is 0 Å². The molecule has 6 nitrogen and oxygen atoms in total. The molecule has 0 unspecified atom stereocenters. The summed E-state index contributed by atoms with van der Waals surface area (Å²) in [4.78, 5) is 36.8. The number of imide groups is 1. The summed E-state index contributed by atoms with van der Waals surface area (Å²) in [6, 6.07) is 7.30. The number of hydrogen-bond donors (Lipinski definition) is 2. The lowest BCUT2D eigenvalue weighted by Gasteiger charge is -2.15. The van der Waals surface area contributed by atoms with Gasteiger partial charge in [0, 0.05) is 18.7 Å². The van der Waals surface area contributed by atoms with Gasteiger partial charge in [-0.3, -0.25) is 14.5 Å². The average Bonchev–Trinajstić information content (AvgIpc) is 2.69. The topological polar surface area (TPSA) is 78.5 Å². The van der Waals surface area contributed by atoms with Crippen molar-refractivity contribution in [2.45, 2.75) is 45.6 Å². The van der Waals surface area contributed by atoms with Crippen molar-refractivity contribution in [2.24, 2.45) is 0 Å². The van der Waals surface area contributed by atoms with Gasteiger partial charge in [-0.25, -0.2) is 4.79 Å². The van der Waals surface area contributed by atoms with Crippen LogP contribution in [0, 0.1) is 0 Å². The number of anilines is 1. The van der Waals surface area contributed by atoms with Crippen LogP contribution in [0.2, 0.25) is 0 Å². The summed E-state index contributed by atoms with van der Waals surface area (Å²) < 4.78 is 0. The second kappa shape index (κ2) is 6.81. The maximum atomic E-state index is 12.0. The number of hydrogen-bond acceptors (Lipinski definition) is 3. The maximum Gasteiger partial charge on any atom is 0.325 e. The lowest BCUT2D eigenvalue weighted by atomic mass is 10.1. The summed E-state index contributed by atoms with van der Waals surface area (Å²) in [6.07, 6.45) is 1.65. The molecule has 1 saturated heterocycles. The van der Waals surface area contributed by atoms with Crippen LogP contribution in [0.1, 0.15) is 39.2 Å². The number of rotatable bonds is 6. The number of carbonyl (C=O) groups is 3. The Morgan fingerprint density at radius 3 is 2.39 bits per heavy atom. The van der Waals surface area contributed by atoms with E-state index in [1.165, 1.54) is 10.5 Å². The van der Waals surface area contributed by atoms with Gasteiger partial charge in [0.05, 0.1) is 0 Å². The van der Waals surface area contributed by atoms with Gasteiger partial charge in [-0.1, -0.05) is 19.1 Å². The van der Waals surface area contributed by atoms with Crippen LogP contribution in [0.4, 0.5) is 10.5 Å². The van der Waals surface area contributed by atoms with Crippen LogP contribution in [-0.2, 0) is 16.0 Å². The molecule has 0 atom stereocenters. The first-order valence-electron chi connectivity index (χ1n) is 7.86. The quantitative estimate of drug-likeness (QED) is 0.790. The summed E-state index contributed by atoms with van der Waals surface area (Å²) in [7, 11) is 0. The van der Waals surface area contributed by atoms with Crippen molar-refractivity contribution in [1.29, 1.82) is 0 Å². The molecule has 0 aliphatic carbocycles. The lowest BCUT2D eigenvalue weighted by molar-refractivity contribution is -0.130. The van der Waals surface area contributed by atoms with Crippen LogP contribution in [0.5, 0.6) is 0 Å². The van der Waals surface area contributed by atoms with Crippen molar-refractivity contribution in [3.05, 3.63) is 29.8 Å². The number of carbonyl (C=O) groups excluding carboxylic acids is 3. The molecule has 1 aromatic rings. The summed E-state index contributed by atoms with van der Waals surface area (Å²) >= 11 is 0. The molecule has 1 aliphatic heterocycles. The minimum atomic E-state index is -0.861. The van der Waals surface area contributed by atoms with Crippen molar-refractivity contribution >= 4 is 23.5 Å². The minimum Gasteiger partial charge on any atom is -0.326 e. The summed E-state index contributed by atoms with van der Waals surface area (Å²) in [6.45, 7) is 5.65. The van der Waals surface area contributed by atoms with Gasteiger partial charge >= 0.3 is 6.03 Å². The van der Waals surface area contributed by atoms with E-state index in [0.29, 0.717) is 6.42 Å². The fourth-order valence-corrected chi connectivity index (χ4v) is 2.47. The molecule has 1 aliphatic rings. The van der Waals surface area contributed by atoms with Crippen LogP contribution in [0.25, 0.3) is 0 Å². The van der Waals surface area contributed by atoms with Gasteiger partial charge in [-0.2, -0.15) is 0 Å². The van der Waals surface area contributed by atoms with Gasteiger partial charge in [0.2, 0.25) is 5.91 Å². The molecule has 6 heteroatoms. The average molecular weight is 317 g/mol. The van der Waals surface area contributed by atoms with E-state index in [4.69, 9.17) is 0 Å². The van der Waals surface area contributed by atoms with Gasteiger partial charge in [0.25, 0.3) is 5.91 Å². The van der Waals surface area contributed by atoms with Crippen LogP contribution in [0.3, 0.4) is 0 Å². The van der Waals surface area contributed by atoms with Crippen LogP contribution in [0.15, 0.2) is 24.3 Å². The zero-order valence-corrected chi connectivity index (χ0v) is 13.8. The summed E-state index contributed by atoms with van der Waals surface area (Å²) in [5.74, 6) is -0.376. The smallest absolute Gasteiger partial charge is 0.325 e. The Morgan fingerprint density at radius 1 is 1.22 bits per heavy atom. The van der Waals surface area contributed by atoms with Crippen LogP contribution in [-0.4, -0.2) is 34.8 Å². The van der Waals surface area contributed by atoms with E-state index in [-0.39, 0.29) is 24.8 Å². The first-order valence-corrected chi connectivity index (χ1v) is 7.86. The first-order chi connectivity index (χ1) is 10.8. The molecule has 2 N–H and O–H groups in total. The van der Waals surface area contributed by atoms with E-state index in [1.54, 1.807) is 13.8 Å². The second-order valence-electron chi connectivity index (χ2n) is 6.21. The predicted molar refractivity (Wildman–Crippen MR) is 88.0 cm³/mol. The fourth-order valence-electron chi connectivity index (χ4n) is 2.47. The van der Waals surface area contributed by atoms with Crippen molar-refractivity contribution in [2.75, 3.05) is 11.9 Å². The number of nitrogens with one attached hydrogen (secondary N) is 2. The largest absolute Gasteiger partial charge is 0.326 e. The van der Waals surface area contributed by atoms with Gasteiger partial charge in [-0.05, 0) is 44.4 Å². The zero-order valence-electron chi connectivity index (χ0n) is 13.8. The number of amides is 4. The number of nitrogens with zero attached hydrogens (tertiary/aromatic N) is 1. The van der Waals surface area contributed by atoms with Gasteiger partial charge in [0.1, 0.15) is 5.54 Å². The highest BCUT2D eigenvalue weighted by Crippen LogP contribution is 2.17. The van der Waals surface area contributed by atoms with Crippen molar-refractivity contribution < 1.29 is 14.4 Å². The molecule has 2 rings (SSSR count). The SMILES string of the molecule is CCc1ccc(NC(=O)CCCN2C(=O)NC(C)(C)C2=O)cc1. The first kappa shape index (κ1) is 17.0. The highest BCUT2D eigenvalue weighted by atomic mass is 16.2. The Hall–Kier alpha value is -2.37. The Kier molecular flexibility index (Phi) is 5.03. The van der Waals surface area contributed by atoms with E-state index in [0.717, 1.165) is 12.1 Å². The molecule has 0 radical (unpaired) electrons. The third-order valence-corrected chi connectivity index (χ3v) is 3.88. The fraction of sp³-hybridized carbons (Fsp3) is 0.471. The Morgan fingerprint density at radius 2 is 1.87 bits per heavy atom. The third-order valence-electron chi connectivity index (χ3n) is 3.88. The van der Waals surface area contributed by atoms with Gasteiger partial charge < -0.3 is 10.6 Å². The molecule has 23 heavy (non-hydrogen) atoms. The van der Waals surface area contributed by atoms with Crippen molar-refractivity contribution in [3.63, 3.8) is 0 Å². The molecule has 1 aromatic carbocycles. The summed E-state index contributed by atoms with van der Waals surface area (Å²) in [5.41, 5.74) is 1.10. The third kappa shape index (κ3) is 4.09. The molecular weight excluding hydrogens is 294 g/mol.